The average molecular weight is 382 g/mol. The van der Waals surface area contributed by atoms with Gasteiger partial charge in [-0.05, 0) is 25.0 Å². The molecule has 1 aromatic carbocycles. The van der Waals surface area contributed by atoms with Crippen molar-refractivity contribution >= 4 is 16.8 Å². The summed E-state index contributed by atoms with van der Waals surface area (Å²) in [6.07, 6.45) is 5.66. The molecule has 1 atom stereocenters. The molecule has 7 heteroatoms. The van der Waals surface area contributed by atoms with Gasteiger partial charge in [0.05, 0.1) is 30.4 Å². The summed E-state index contributed by atoms with van der Waals surface area (Å²) < 4.78 is 11.4. The van der Waals surface area contributed by atoms with Crippen LogP contribution < -0.4 is 15.8 Å². The van der Waals surface area contributed by atoms with Crippen LogP contribution in [0.5, 0.6) is 5.88 Å². The maximum atomic E-state index is 11.2. The molecule has 2 heterocycles. The highest BCUT2D eigenvalue weighted by Crippen LogP contribution is 2.33. The number of benzene rings is 1. The standard InChI is InChI=1S/C21H26N4O3/c1-23-19(26)11-5-3-4-9-16(22)21-24-13-18(28-21)15-12-14-8-6-7-10-17(14)25-20(15)27-2/h6-8,10,12-13,16H,3-5,9,11,22H2,1-2H3,(H,23,26). The number of pyridine rings is 1. The molecule has 28 heavy (non-hydrogen) atoms. The normalized spacial score (nSPS) is 12.1. The number of hydrogen-bond donors (Lipinski definition) is 2. The molecule has 1 amide bonds. The number of para-hydroxylation sites is 1. The van der Waals surface area contributed by atoms with Crippen LogP contribution in [-0.4, -0.2) is 30.0 Å². The zero-order valence-corrected chi connectivity index (χ0v) is 16.3. The molecular formula is C21H26N4O3. The molecular weight excluding hydrogens is 356 g/mol. The topological polar surface area (TPSA) is 103 Å². The number of oxazole rings is 1. The second-order valence-electron chi connectivity index (χ2n) is 6.68. The Hall–Kier alpha value is -2.93. The molecule has 3 N–H and O–H groups in total. The first-order chi connectivity index (χ1) is 13.6. The molecule has 0 aliphatic rings. The maximum absolute atomic E-state index is 11.2. The summed E-state index contributed by atoms with van der Waals surface area (Å²) in [5.41, 5.74) is 7.84. The summed E-state index contributed by atoms with van der Waals surface area (Å²) in [4.78, 5) is 20.1. The average Bonchev–Trinajstić information content (AvgIpc) is 3.22. The van der Waals surface area contributed by atoms with Gasteiger partial charge in [0.15, 0.2) is 5.76 Å². The summed E-state index contributed by atoms with van der Waals surface area (Å²) in [5.74, 6) is 1.64. The lowest BCUT2D eigenvalue weighted by Gasteiger charge is -2.08. The highest BCUT2D eigenvalue weighted by molar-refractivity contribution is 5.85. The van der Waals surface area contributed by atoms with Gasteiger partial charge in [-0.15, -0.1) is 0 Å². The van der Waals surface area contributed by atoms with Crippen molar-refractivity contribution in [2.45, 2.75) is 38.1 Å². The van der Waals surface area contributed by atoms with Gasteiger partial charge in [0, 0.05) is 18.9 Å². The summed E-state index contributed by atoms with van der Waals surface area (Å²) in [6, 6.07) is 9.53. The zero-order chi connectivity index (χ0) is 19.9. The van der Waals surface area contributed by atoms with Crippen molar-refractivity contribution in [3.8, 4) is 17.2 Å². The first-order valence-corrected chi connectivity index (χ1v) is 9.48. The van der Waals surface area contributed by atoms with E-state index in [2.05, 4.69) is 15.3 Å². The van der Waals surface area contributed by atoms with Crippen molar-refractivity contribution < 1.29 is 13.9 Å². The van der Waals surface area contributed by atoms with Crippen molar-refractivity contribution in [2.24, 2.45) is 5.73 Å². The van der Waals surface area contributed by atoms with E-state index in [1.165, 1.54) is 0 Å². The van der Waals surface area contributed by atoms with Gasteiger partial charge in [0.1, 0.15) is 0 Å². The van der Waals surface area contributed by atoms with Crippen molar-refractivity contribution in [3.63, 3.8) is 0 Å². The Morgan fingerprint density at radius 3 is 2.89 bits per heavy atom. The second-order valence-corrected chi connectivity index (χ2v) is 6.68. The van der Waals surface area contributed by atoms with E-state index in [4.69, 9.17) is 14.9 Å². The van der Waals surface area contributed by atoms with Gasteiger partial charge >= 0.3 is 0 Å². The third-order valence-corrected chi connectivity index (χ3v) is 4.69. The van der Waals surface area contributed by atoms with E-state index in [0.717, 1.165) is 42.1 Å². The largest absolute Gasteiger partial charge is 0.480 e. The Labute approximate surface area is 164 Å². The van der Waals surface area contributed by atoms with E-state index in [-0.39, 0.29) is 11.9 Å². The molecule has 0 saturated heterocycles. The summed E-state index contributed by atoms with van der Waals surface area (Å²) in [7, 11) is 3.24. The van der Waals surface area contributed by atoms with E-state index in [9.17, 15) is 4.79 Å². The van der Waals surface area contributed by atoms with Crippen LogP contribution in [0, 0.1) is 0 Å². The predicted octanol–water partition coefficient (Wildman–Crippen LogP) is 3.59. The van der Waals surface area contributed by atoms with Crippen molar-refractivity contribution in [1.82, 2.24) is 15.3 Å². The number of nitrogens with two attached hydrogens (primary N) is 1. The third kappa shape index (κ3) is 4.67. The van der Waals surface area contributed by atoms with Crippen LogP contribution in [-0.2, 0) is 4.79 Å². The second kappa shape index (κ2) is 9.32. The number of methoxy groups -OCH3 is 1. The number of rotatable bonds is 9. The van der Waals surface area contributed by atoms with Crippen LogP contribution in [0.25, 0.3) is 22.2 Å². The SMILES string of the molecule is CNC(=O)CCCCCC(N)c1ncc(-c2cc3ccccc3nc2OC)o1. The number of aromatic nitrogens is 2. The molecule has 7 nitrogen and oxygen atoms in total. The Morgan fingerprint density at radius 1 is 1.29 bits per heavy atom. The van der Waals surface area contributed by atoms with E-state index in [1.54, 1.807) is 20.4 Å². The smallest absolute Gasteiger partial charge is 0.224 e. The highest BCUT2D eigenvalue weighted by Gasteiger charge is 2.17. The summed E-state index contributed by atoms with van der Waals surface area (Å²) in [6.45, 7) is 0. The van der Waals surface area contributed by atoms with E-state index >= 15 is 0 Å². The van der Waals surface area contributed by atoms with Crippen LogP contribution in [0.1, 0.15) is 44.0 Å². The van der Waals surface area contributed by atoms with E-state index in [1.807, 2.05) is 30.3 Å². The van der Waals surface area contributed by atoms with Crippen LogP contribution in [0.3, 0.4) is 0 Å². The fourth-order valence-corrected chi connectivity index (χ4v) is 3.09. The minimum atomic E-state index is -0.284. The number of unbranched alkanes of at least 4 members (excludes halogenated alkanes) is 2. The predicted molar refractivity (Wildman–Crippen MR) is 108 cm³/mol. The lowest BCUT2D eigenvalue weighted by Crippen LogP contribution is -2.17. The third-order valence-electron chi connectivity index (χ3n) is 4.69. The molecule has 0 bridgehead atoms. The number of nitrogens with one attached hydrogen (secondary N) is 1. The van der Waals surface area contributed by atoms with Crippen molar-refractivity contribution in [2.75, 3.05) is 14.2 Å². The Bertz CT molecular complexity index is 938. The number of hydrogen-bond acceptors (Lipinski definition) is 6. The maximum Gasteiger partial charge on any atom is 0.224 e. The lowest BCUT2D eigenvalue weighted by atomic mass is 10.1. The Balaban J connectivity index is 1.66. The van der Waals surface area contributed by atoms with Crippen LogP contribution >= 0.6 is 0 Å². The number of carbonyl (C=O) groups excluding carboxylic acids is 1. The molecule has 2 aromatic heterocycles. The Morgan fingerprint density at radius 2 is 2.11 bits per heavy atom. The molecule has 0 saturated carbocycles. The van der Waals surface area contributed by atoms with E-state index < -0.39 is 0 Å². The van der Waals surface area contributed by atoms with Crippen LogP contribution in [0.4, 0.5) is 0 Å². The minimum Gasteiger partial charge on any atom is -0.480 e. The zero-order valence-electron chi connectivity index (χ0n) is 16.3. The first-order valence-electron chi connectivity index (χ1n) is 9.48. The fraction of sp³-hybridized carbons (Fsp3) is 0.381. The Kier molecular flexibility index (Phi) is 6.60. The summed E-state index contributed by atoms with van der Waals surface area (Å²) in [5, 5.41) is 3.62. The first kappa shape index (κ1) is 19.8. The van der Waals surface area contributed by atoms with Gasteiger partial charge in [-0.1, -0.05) is 31.0 Å². The minimum absolute atomic E-state index is 0.0691. The molecule has 0 spiro atoms. The lowest BCUT2D eigenvalue weighted by molar-refractivity contribution is -0.120. The van der Waals surface area contributed by atoms with Gasteiger partial charge in [0.2, 0.25) is 17.7 Å². The van der Waals surface area contributed by atoms with Crippen molar-refractivity contribution in [1.29, 1.82) is 0 Å². The molecule has 0 aliphatic carbocycles. The van der Waals surface area contributed by atoms with E-state index in [0.29, 0.717) is 24.0 Å². The monoisotopic (exact) mass is 382 g/mol. The molecule has 0 radical (unpaired) electrons. The van der Waals surface area contributed by atoms with Gasteiger partial charge in [-0.25, -0.2) is 9.97 Å². The number of nitrogens with zero attached hydrogens (tertiary/aromatic N) is 2. The van der Waals surface area contributed by atoms with Crippen LogP contribution in [0.2, 0.25) is 0 Å². The molecule has 0 aliphatic heterocycles. The van der Waals surface area contributed by atoms with Gasteiger partial charge in [-0.2, -0.15) is 0 Å². The number of fused-ring (bicyclic) bond motifs is 1. The number of carbonyl (C=O) groups is 1. The van der Waals surface area contributed by atoms with Crippen LogP contribution in [0.15, 0.2) is 40.9 Å². The summed E-state index contributed by atoms with van der Waals surface area (Å²) >= 11 is 0. The van der Waals surface area contributed by atoms with Gasteiger partial charge < -0.3 is 20.2 Å². The number of ether oxygens (including phenoxy) is 1. The van der Waals surface area contributed by atoms with Gasteiger partial charge in [-0.3, -0.25) is 4.79 Å². The molecule has 3 aromatic rings. The van der Waals surface area contributed by atoms with Gasteiger partial charge in [0.25, 0.3) is 0 Å². The molecule has 0 fully saturated rings. The molecule has 3 rings (SSSR count). The fourth-order valence-electron chi connectivity index (χ4n) is 3.09. The van der Waals surface area contributed by atoms with Crippen molar-refractivity contribution in [3.05, 3.63) is 42.4 Å². The quantitative estimate of drug-likeness (QED) is 0.548. The molecule has 1 unspecified atom stereocenters. The molecule has 148 valence electrons. The number of amides is 1. The highest BCUT2D eigenvalue weighted by atomic mass is 16.5.